The van der Waals surface area contributed by atoms with E-state index < -0.39 is 11.7 Å². The van der Waals surface area contributed by atoms with Gasteiger partial charge in [-0.1, -0.05) is 0 Å². The van der Waals surface area contributed by atoms with Crippen molar-refractivity contribution in [2.45, 2.75) is 12.6 Å². The molecule has 0 radical (unpaired) electrons. The van der Waals surface area contributed by atoms with Crippen LogP contribution in [0.4, 0.5) is 13.2 Å². The minimum atomic E-state index is -4.29. The molecule has 0 unspecified atom stereocenters. The van der Waals surface area contributed by atoms with Crippen LogP contribution in [0, 0.1) is 5.92 Å². The van der Waals surface area contributed by atoms with E-state index in [1.165, 1.54) is 12.3 Å². The summed E-state index contributed by atoms with van der Waals surface area (Å²) in [7, 11) is 0. The van der Waals surface area contributed by atoms with Crippen LogP contribution in [-0.2, 0) is 12.6 Å². The Hall–Kier alpha value is -1.10. The van der Waals surface area contributed by atoms with E-state index >= 15 is 0 Å². The van der Waals surface area contributed by atoms with Crippen LogP contribution in [0.2, 0.25) is 0 Å². The number of alkyl halides is 3. The number of halogens is 3. The molecule has 0 spiro atoms. The van der Waals surface area contributed by atoms with Gasteiger partial charge in [-0.05, 0) is 37.6 Å². The molecule has 1 aliphatic rings. The maximum Gasteiger partial charge on any atom is 0.418 e. The van der Waals surface area contributed by atoms with Gasteiger partial charge >= 0.3 is 6.18 Å². The first-order chi connectivity index (χ1) is 7.07. The minimum absolute atomic E-state index is 0.163. The van der Waals surface area contributed by atoms with Gasteiger partial charge in [0.1, 0.15) is 0 Å². The van der Waals surface area contributed by atoms with Crippen molar-refractivity contribution in [2.24, 2.45) is 5.92 Å². The normalized spacial score (nSPS) is 17.5. The summed E-state index contributed by atoms with van der Waals surface area (Å²) >= 11 is 0. The highest BCUT2D eigenvalue weighted by Crippen LogP contribution is 2.32. The van der Waals surface area contributed by atoms with Crippen molar-refractivity contribution in [2.75, 3.05) is 13.1 Å². The van der Waals surface area contributed by atoms with E-state index in [0.717, 1.165) is 19.2 Å². The molecule has 1 fully saturated rings. The maximum atomic E-state index is 12.6. The molecule has 1 aromatic heterocycles. The Balaban J connectivity index is 2.21. The van der Waals surface area contributed by atoms with Gasteiger partial charge in [0.05, 0.1) is 11.3 Å². The van der Waals surface area contributed by atoms with Gasteiger partial charge in [-0.15, -0.1) is 0 Å². The number of nitrogens with zero attached hydrogens (tertiary/aromatic N) is 1. The van der Waals surface area contributed by atoms with E-state index in [-0.39, 0.29) is 5.69 Å². The Kier molecular flexibility index (Phi) is 2.65. The lowest BCUT2D eigenvalue weighted by Gasteiger charge is -2.27. The quantitative estimate of drug-likeness (QED) is 0.816. The van der Waals surface area contributed by atoms with Crippen molar-refractivity contribution < 1.29 is 13.2 Å². The van der Waals surface area contributed by atoms with E-state index in [4.69, 9.17) is 0 Å². The van der Waals surface area contributed by atoms with Crippen molar-refractivity contribution in [1.82, 2.24) is 10.3 Å². The van der Waals surface area contributed by atoms with Gasteiger partial charge < -0.3 is 5.32 Å². The molecule has 1 N–H and O–H groups in total. The lowest BCUT2D eigenvalue weighted by molar-refractivity contribution is -0.138. The number of aromatic nitrogens is 1. The highest BCUT2D eigenvalue weighted by molar-refractivity contribution is 5.23. The number of rotatable bonds is 2. The largest absolute Gasteiger partial charge is 0.418 e. The van der Waals surface area contributed by atoms with Crippen molar-refractivity contribution in [3.63, 3.8) is 0 Å². The van der Waals surface area contributed by atoms with Crippen LogP contribution in [-0.4, -0.2) is 18.1 Å². The smallest absolute Gasteiger partial charge is 0.316 e. The van der Waals surface area contributed by atoms with E-state index in [0.29, 0.717) is 12.3 Å². The predicted octanol–water partition coefficient (Wildman–Crippen LogP) is 1.86. The fourth-order valence-electron chi connectivity index (χ4n) is 1.62. The Bertz CT molecular complexity index is 345. The first-order valence-electron chi connectivity index (χ1n) is 4.79. The topological polar surface area (TPSA) is 24.9 Å². The van der Waals surface area contributed by atoms with Gasteiger partial charge in [-0.3, -0.25) is 4.98 Å². The molecule has 2 nitrogen and oxygen atoms in total. The molecule has 15 heavy (non-hydrogen) atoms. The van der Waals surface area contributed by atoms with Gasteiger partial charge in [-0.25, -0.2) is 0 Å². The standard InChI is InChI=1S/C10H11F3N2/c11-10(12,13)8-2-1-3-15-9(8)4-7-5-14-6-7/h1-3,7,14H,4-6H2. The molecular formula is C10H11F3N2. The van der Waals surface area contributed by atoms with Gasteiger partial charge in [0, 0.05) is 6.20 Å². The molecule has 0 aromatic carbocycles. The van der Waals surface area contributed by atoms with Crippen LogP contribution in [0.3, 0.4) is 0 Å². The number of nitrogens with one attached hydrogen (secondary N) is 1. The average Bonchev–Trinajstić information content (AvgIpc) is 2.10. The van der Waals surface area contributed by atoms with Crippen molar-refractivity contribution >= 4 is 0 Å². The SMILES string of the molecule is FC(F)(F)c1cccnc1CC1CNC1. The molecule has 1 aromatic rings. The number of hydrogen-bond donors (Lipinski definition) is 1. The summed E-state index contributed by atoms with van der Waals surface area (Å²) in [6.45, 7) is 1.57. The molecule has 0 bridgehead atoms. The summed E-state index contributed by atoms with van der Waals surface area (Å²) in [5.74, 6) is 0.293. The van der Waals surface area contributed by atoms with E-state index in [1.54, 1.807) is 0 Å². The van der Waals surface area contributed by atoms with Gasteiger partial charge in [-0.2, -0.15) is 13.2 Å². The third-order valence-electron chi connectivity index (χ3n) is 2.54. The summed E-state index contributed by atoms with van der Waals surface area (Å²) in [4.78, 5) is 3.82. The number of pyridine rings is 1. The second kappa shape index (κ2) is 3.81. The zero-order chi connectivity index (χ0) is 10.9. The molecule has 1 saturated heterocycles. The Labute approximate surface area is 85.5 Å². The zero-order valence-electron chi connectivity index (χ0n) is 8.01. The van der Waals surface area contributed by atoms with Gasteiger partial charge in [0.25, 0.3) is 0 Å². The lowest BCUT2D eigenvalue weighted by atomic mass is 9.95. The van der Waals surface area contributed by atoms with Crippen LogP contribution >= 0.6 is 0 Å². The molecule has 0 amide bonds. The second-order valence-corrected chi connectivity index (χ2v) is 3.72. The van der Waals surface area contributed by atoms with Crippen molar-refractivity contribution in [1.29, 1.82) is 0 Å². The summed E-state index contributed by atoms with van der Waals surface area (Å²) in [6, 6.07) is 2.42. The second-order valence-electron chi connectivity index (χ2n) is 3.72. The summed E-state index contributed by atoms with van der Waals surface area (Å²) in [6.07, 6.45) is -2.47. The molecule has 2 rings (SSSR count). The van der Waals surface area contributed by atoms with E-state index in [1.807, 2.05) is 0 Å². The monoisotopic (exact) mass is 216 g/mol. The Morgan fingerprint density at radius 1 is 1.40 bits per heavy atom. The van der Waals surface area contributed by atoms with Gasteiger partial charge in [0.15, 0.2) is 0 Å². The van der Waals surface area contributed by atoms with Crippen LogP contribution in [0.5, 0.6) is 0 Å². The minimum Gasteiger partial charge on any atom is -0.316 e. The number of hydrogen-bond acceptors (Lipinski definition) is 2. The summed E-state index contributed by atoms with van der Waals surface area (Å²) in [5, 5.41) is 3.03. The van der Waals surface area contributed by atoms with Gasteiger partial charge in [0.2, 0.25) is 0 Å². The Morgan fingerprint density at radius 2 is 2.13 bits per heavy atom. The zero-order valence-corrected chi connectivity index (χ0v) is 8.01. The van der Waals surface area contributed by atoms with Crippen molar-refractivity contribution in [3.05, 3.63) is 29.6 Å². The average molecular weight is 216 g/mol. The third kappa shape index (κ3) is 2.28. The molecule has 2 heterocycles. The molecule has 0 saturated carbocycles. The maximum absolute atomic E-state index is 12.6. The molecule has 5 heteroatoms. The van der Waals surface area contributed by atoms with E-state index in [2.05, 4.69) is 10.3 Å². The molecule has 0 aliphatic carbocycles. The predicted molar refractivity (Wildman–Crippen MR) is 49.3 cm³/mol. The van der Waals surface area contributed by atoms with Crippen molar-refractivity contribution in [3.8, 4) is 0 Å². The first-order valence-corrected chi connectivity index (χ1v) is 4.79. The van der Waals surface area contributed by atoms with E-state index in [9.17, 15) is 13.2 Å². The fourth-order valence-corrected chi connectivity index (χ4v) is 1.62. The first kappa shape index (κ1) is 10.4. The molecular weight excluding hydrogens is 205 g/mol. The third-order valence-corrected chi connectivity index (χ3v) is 2.54. The van der Waals surface area contributed by atoms with Crippen LogP contribution < -0.4 is 5.32 Å². The highest BCUT2D eigenvalue weighted by atomic mass is 19.4. The van der Waals surface area contributed by atoms with Crippen LogP contribution in [0.15, 0.2) is 18.3 Å². The molecule has 0 atom stereocenters. The fraction of sp³-hybridized carbons (Fsp3) is 0.500. The summed E-state index contributed by atoms with van der Waals surface area (Å²) in [5.41, 5.74) is -0.437. The molecule has 1 aliphatic heterocycles. The lowest BCUT2D eigenvalue weighted by Crippen LogP contribution is -2.43. The Morgan fingerprint density at radius 3 is 2.67 bits per heavy atom. The van der Waals surface area contributed by atoms with Crippen LogP contribution in [0.25, 0.3) is 0 Å². The van der Waals surface area contributed by atoms with Crippen LogP contribution in [0.1, 0.15) is 11.3 Å². The summed E-state index contributed by atoms with van der Waals surface area (Å²) < 4.78 is 37.7. The highest BCUT2D eigenvalue weighted by Gasteiger charge is 2.34. The molecule has 82 valence electrons.